The minimum atomic E-state index is -0.231. The van der Waals surface area contributed by atoms with Crippen LogP contribution >= 0.6 is 15.9 Å². The molecule has 0 aliphatic heterocycles. The predicted octanol–water partition coefficient (Wildman–Crippen LogP) is 3.81. The van der Waals surface area contributed by atoms with E-state index in [9.17, 15) is 4.39 Å². The maximum absolute atomic E-state index is 13.0. The van der Waals surface area contributed by atoms with Crippen LogP contribution in [0.15, 0.2) is 34.3 Å². The normalized spacial score (nSPS) is 12.3. The standard InChI is InChI=1S/C12H15BrFN/c1-8(2)6-12(15-3)9-4-5-11(14)10(13)7-9/h4-7,12,15H,1-3H3. The number of likely N-dealkylation sites (N-methyl/N-ethyl adjacent to an activating group) is 1. The molecule has 0 saturated carbocycles. The van der Waals surface area contributed by atoms with Crippen LogP contribution in [0, 0.1) is 5.82 Å². The number of allylic oxidation sites excluding steroid dienone is 1. The number of hydrogen-bond acceptors (Lipinski definition) is 1. The quantitative estimate of drug-likeness (QED) is 0.825. The Morgan fingerprint density at radius 2 is 2.13 bits per heavy atom. The number of nitrogens with one attached hydrogen (secondary N) is 1. The minimum Gasteiger partial charge on any atom is -0.310 e. The fourth-order valence-corrected chi connectivity index (χ4v) is 1.78. The molecule has 82 valence electrons. The third-order valence-electron chi connectivity index (χ3n) is 2.11. The second kappa shape index (κ2) is 5.42. The molecule has 3 heteroatoms. The van der Waals surface area contributed by atoms with Gasteiger partial charge in [0.15, 0.2) is 0 Å². The van der Waals surface area contributed by atoms with Gasteiger partial charge in [-0.2, -0.15) is 0 Å². The van der Waals surface area contributed by atoms with E-state index in [-0.39, 0.29) is 11.9 Å². The monoisotopic (exact) mass is 271 g/mol. The number of halogens is 2. The Bertz CT molecular complexity index is 370. The second-order valence-electron chi connectivity index (χ2n) is 3.68. The molecule has 0 aromatic heterocycles. The summed E-state index contributed by atoms with van der Waals surface area (Å²) in [5.41, 5.74) is 2.28. The van der Waals surface area contributed by atoms with Crippen LogP contribution in [0.1, 0.15) is 25.5 Å². The van der Waals surface area contributed by atoms with Crippen LogP contribution in [0.4, 0.5) is 4.39 Å². The van der Waals surface area contributed by atoms with E-state index in [2.05, 4.69) is 27.3 Å². The maximum Gasteiger partial charge on any atom is 0.137 e. The van der Waals surface area contributed by atoms with Gasteiger partial charge in [0.1, 0.15) is 5.82 Å². The van der Waals surface area contributed by atoms with E-state index >= 15 is 0 Å². The van der Waals surface area contributed by atoms with Gasteiger partial charge in [-0.25, -0.2) is 4.39 Å². The van der Waals surface area contributed by atoms with Gasteiger partial charge in [-0.1, -0.05) is 17.7 Å². The number of benzene rings is 1. The first-order valence-electron chi connectivity index (χ1n) is 4.82. The van der Waals surface area contributed by atoms with Crippen LogP contribution in [0.25, 0.3) is 0 Å². The molecule has 0 amide bonds. The van der Waals surface area contributed by atoms with Crippen molar-refractivity contribution >= 4 is 15.9 Å². The zero-order valence-corrected chi connectivity index (χ0v) is 10.7. The van der Waals surface area contributed by atoms with Gasteiger partial charge >= 0.3 is 0 Å². The molecular formula is C12H15BrFN. The van der Waals surface area contributed by atoms with E-state index < -0.39 is 0 Å². The van der Waals surface area contributed by atoms with Crippen molar-refractivity contribution in [3.8, 4) is 0 Å². The van der Waals surface area contributed by atoms with Gasteiger partial charge in [-0.3, -0.25) is 0 Å². The predicted molar refractivity (Wildman–Crippen MR) is 65.3 cm³/mol. The van der Waals surface area contributed by atoms with Crippen molar-refractivity contribution in [3.63, 3.8) is 0 Å². The lowest BCUT2D eigenvalue weighted by Gasteiger charge is -2.13. The van der Waals surface area contributed by atoms with E-state index in [1.807, 2.05) is 20.9 Å². The Labute approximate surface area is 98.5 Å². The first-order valence-corrected chi connectivity index (χ1v) is 5.61. The largest absolute Gasteiger partial charge is 0.310 e. The Hall–Kier alpha value is -0.670. The van der Waals surface area contributed by atoms with E-state index in [4.69, 9.17) is 0 Å². The van der Waals surface area contributed by atoms with Gasteiger partial charge < -0.3 is 5.32 Å². The second-order valence-corrected chi connectivity index (χ2v) is 4.54. The molecule has 1 atom stereocenters. The summed E-state index contributed by atoms with van der Waals surface area (Å²) in [6.07, 6.45) is 2.11. The van der Waals surface area contributed by atoms with E-state index in [0.29, 0.717) is 4.47 Å². The van der Waals surface area contributed by atoms with Crippen LogP contribution in [-0.4, -0.2) is 7.05 Å². The zero-order chi connectivity index (χ0) is 11.4. The molecule has 1 N–H and O–H groups in total. The summed E-state index contributed by atoms with van der Waals surface area (Å²) in [6.45, 7) is 4.09. The fraction of sp³-hybridized carbons (Fsp3) is 0.333. The van der Waals surface area contributed by atoms with E-state index in [0.717, 1.165) is 5.56 Å². The highest BCUT2D eigenvalue weighted by atomic mass is 79.9. The lowest BCUT2D eigenvalue weighted by atomic mass is 10.0. The summed E-state index contributed by atoms with van der Waals surface area (Å²) in [5, 5.41) is 3.18. The summed E-state index contributed by atoms with van der Waals surface area (Å²) >= 11 is 3.19. The topological polar surface area (TPSA) is 12.0 Å². The molecule has 0 aliphatic carbocycles. The highest BCUT2D eigenvalue weighted by Crippen LogP contribution is 2.22. The molecule has 0 aliphatic rings. The first-order chi connectivity index (χ1) is 7.04. The van der Waals surface area contributed by atoms with Crippen molar-refractivity contribution in [2.75, 3.05) is 7.05 Å². The van der Waals surface area contributed by atoms with Crippen LogP contribution in [0.5, 0.6) is 0 Å². The summed E-state index contributed by atoms with van der Waals surface area (Å²) in [6, 6.07) is 5.20. The molecule has 1 rings (SSSR count). The SMILES string of the molecule is CNC(C=C(C)C)c1ccc(F)c(Br)c1. The van der Waals surface area contributed by atoms with Crippen molar-refractivity contribution in [3.05, 3.63) is 45.7 Å². The van der Waals surface area contributed by atoms with Crippen LogP contribution in [-0.2, 0) is 0 Å². The Kier molecular flexibility index (Phi) is 4.48. The minimum absolute atomic E-state index is 0.131. The van der Waals surface area contributed by atoms with Gasteiger partial charge in [0, 0.05) is 0 Å². The maximum atomic E-state index is 13.0. The van der Waals surface area contributed by atoms with E-state index in [1.165, 1.54) is 11.6 Å². The Balaban J connectivity index is 3.03. The molecule has 1 unspecified atom stereocenters. The Morgan fingerprint density at radius 1 is 1.47 bits per heavy atom. The van der Waals surface area contributed by atoms with Gasteiger partial charge in [-0.05, 0) is 54.5 Å². The molecular weight excluding hydrogens is 257 g/mol. The summed E-state index contributed by atoms with van der Waals surface area (Å²) < 4.78 is 13.5. The van der Waals surface area contributed by atoms with Gasteiger partial charge in [0.2, 0.25) is 0 Å². The molecule has 0 bridgehead atoms. The lowest BCUT2D eigenvalue weighted by Crippen LogP contribution is -2.14. The molecule has 15 heavy (non-hydrogen) atoms. The summed E-state index contributed by atoms with van der Waals surface area (Å²) in [4.78, 5) is 0. The van der Waals surface area contributed by atoms with Crippen LogP contribution in [0.3, 0.4) is 0 Å². The summed E-state index contributed by atoms with van der Waals surface area (Å²) in [5.74, 6) is -0.231. The average Bonchev–Trinajstić information content (AvgIpc) is 2.18. The Morgan fingerprint density at radius 3 is 2.60 bits per heavy atom. The van der Waals surface area contributed by atoms with Gasteiger partial charge in [-0.15, -0.1) is 0 Å². The highest BCUT2D eigenvalue weighted by molar-refractivity contribution is 9.10. The molecule has 0 fully saturated rings. The zero-order valence-electron chi connectivity index (χ0n) is 9.14. The van der Waals surface area contributed by atoms with Crippen molar-refractivity contribution in [1.82, 2.24) is 5.32 Å². The molecule has 1 aromatic carbocycles. The average molecular weight is 272 g/mol. The van der Waals surface area contributed by atoms with Crippen molar-refractivity contribution in [2.45, 2.75) is 19.9 Å². The van der Waals surface area contributed by atoms with Gasteiger partial charge in [0.05, 0.1) is 10.5 Å². The van der Waals surface area contributed by atoms with Crippen molar-refractivity contribution in [1.29, 1.82) is 0 Å². The number of rotatable bonds is 3. The molecule has 1 aromatic rings. The summed E-state index contributed by atoms with van der Waals surface area (Å²) in [7, 11) is 1.89. The molecule has 1 nitrogen and oxygen atoms in total. The third-order valence-corrected chi connectivity index (χ3v) is 2.72. The molecule has 0 heterocycles. The van der Waals surface area contributed by atoms with E-state index in [1.54, 1.807) is 12.1 Å². The number of hydrogen-bond donors (Lipinski definition) is 1. The lowest BCUT2D eigenvalue weighted by molar-refractivity contribution is 0.617. The van der Waals surface area contributed by atoms with Crippen molar-refractivity contribution in [2.24, 2.45) is 0 Å². The van der Waals surface area contributed by atoms with Crippen molar-refractivity contribution < 1.29 is 4.39 Å². The third kappa shape index (κ3) is 3.43. The molecule has 0 radical (unpaired) electrons. The first kappa shape index (κ1) is 12.4. The van der Waals surface area contributed by atoms with Crippen LogP contribution in [0.2, 0.25) is 0 Å². The van der Waals surface area contributed by atoms with Crippen LogP contribution < -0.4 is 5.32 Å². The molecule has 0 spiro atoms. The smallest absolute Gasteiger partial charge is 0.137 e. The highest BCUT2D eigenvalue weighted by Gasteiger charge is 2.08. The van der Waals surface area contributed by atoms with Gasteiger partial charge in [0.25, 0.3) is 0 Å². The fourth-order valence-electron chi connectivity index (χ4n) is 1.39. The molecule has 0 saturated heterocycles.